The van der Waals surface area contributed by atoms with E-state index in [2.05, 4.69) is 15.4 Å². The Hall–Kier alpha value is -4.18. The number of amides is 2. The van der Waals surface area contributed by atoms with Crippen LogP contribution in [-0.2, 0) is 32.5 Å². The molecule has 4 aromatic carbocycles. The van der Waals surface area contributed by atoms with Gasteiger partial charge in [0.1, 0.15) is 12.1 Å². The largest absolute Gasteiger partial charge is 0.342 e. The summed E-state index contributed by atoms with van der Waals surface area (Å²) in [6, 6.07) is 25.1. The summed E-state index contributed by atoms with van der Waals surface area (Å²) in [5.74, 6) is -0.356. The summed E-state index contributed by atoms with van der Waals surface area (Å²) in [6.07, 6.45) is 2.35. The second-order valence-electron chi connectivity index (χ2n) is 13.1. The van der Waals surface area contributed by atoms with Gasteiger partial charge in [-0.15, -0.1) is 0 Å². The van der Waals surface area contributed by atoms with Crippen LogP contribution in [-0.4, -0.2) is 44.3 Å². The summed E-state index contributed by atoms with van der Waals surface area (Å²) in [7, 11) is -3.83. The number of nitrogens with one attached hydrogen (secondary N) is 3. The third-order valence-electron chi connectivity index (χ3n) is 9.53. The van der Waals surface area contributed by atoms with Gasteiger partial charge in [-0.05, 0) is 97.5 Å². The zero-order chi connectivity index (χ0) is 34.7. The van der Waals surface area contributed by atoms with Crippen LogP contribution in [0.3, 0.4) is 0 Å². The molecule has 1 unspecified atom stereocenters. The number of hydrogen-bond donors (Lipinski definition) is 3. The van der Waals surface area contributed by atoms with Crippen molar-refractivity contribution in [2.24, 2.45) is 0 Å². The molecule has 0 aliphatic carbocycles. The molecule has 2 amide bonds. The van der Waals surface area contributed by atoms with Crippen molar-refractivity contribution < 1.29 is 18.0 Å². The van der Waals surface area contributed by atoms with E-state index in [0.29, 0.717) is 59.1 Å². The lowest BCUT2D eigenvalue weighted by molar-refractivity contribution is -0.137. The highest BCUT2D eigenvalue weighted by molar-refractivity contribution is 7.92. The van der Waals surface area contributed by atoms with Crippen LogP contribution < -0.4 is 15.4 Å². The minimum absolute atomic E-state index is 0.0472. The molecule has 4 aromatic rings. The number of benzene rings is 4. The first-order valence-electron chi connectivity index (χ1n) is 16.7. The number of carbonyl (C=O) groups is 2. The van der Waals surface area contributed by atoms with Crippen LogP contribution in [0.15, 0.2) is 89.8 Å². The third-order valence-corrected chi connectivity index (χ3v) is 11.4. The lowest BCUT2D eigenvalue weighted by Gasteiger charge is -2.36. The number of piperidine rings is 1. The lowest BCUT2D eigenvalue weighted by atomic mass is 9.88. The molecule has 6 rings (SSSR count). The Morgan fingerprint density at radius 1 is 0.898 bits per heavy atom. The van der Waals surface area contributed by atoms with E-state index in [0.717, 1.165) is 34.2 Å². The molecule has 2 aliphatic rings. The average Bonchev–Trinajstić information content (AvgIpc) is 3.08. The van der Waals surface area contributed by atoms with Gasteiger partial charge in [-0.3, -0.25) is 19.6 Å². The van der Waals surface area contributed by atoms with Gasteiger partial charge >= 0.3 is 0 Å². The highest BCUT2D eigenvalue weighted by Crippen LogP contribution is 2.35. The summed E-state index contributed by atoms with van der Waals surface area (Å²) >= 11 is 6.13. The molecule has 1 saturated heterocycles. The smallest absolute Gasteiger partial charge is 0.262 e. The number of anilines is 1. The van der Waals surface area contributed by atoms with Crippen LogP contribution >= 0.6 is 11.6 Å². The number of nitrogens with zero attached hydrogens (tertiary/aromatic N) is 1. The standard InChI is InChI=1S/C39H42ClN4O4S/c1-25-22-26(2)37(27(3)23-25)49(47,48)43-34-11-7-6-9-32(34)30-17-20-44(21-18-30)39(46)35(24-28-12-14-31(40)15-13-28)42-38(45)36-33-10-5-4-8-29(33)16-19-41-36/h4-15,19,22-23,30,35-36,41,43H,16-18,20-21,24H2,1-3H3,(H,42,45)/t35-,36?/m1/s1. The molecule has 0 aromatic heterocycles. The fraction of sp³-hybridized carbons (Fsp3) is 0.308. The van der Waals surface area contributed by atoms with E-state index in [1.165, 1.54) is 0 Å². The van der Waals surface area contributed by atoms with Crippen molar-refractivity contribution in [1.29, 1.82) is 0 Å². The van der Waals surface area contributed by atoms with Gasteiger partial charge in [-0.2, -0.15) is 0 Å². The molecule has 2 atom stereocenters. The van der Waals surface area contributed by atoms with E-state index >= 15 is 0 Å². The summed E-state index contributed by atoms with van der Waals surface area (Å²) in [4.78, 5) is 30.0. The van der Waals surface area contributed by atoms with Gasteiger partial charge in [0, 0.05) is 31.1 Å². The van der Waals surface area contributed by atoms with Crippen molar-refractivity contribution in [1.82, 2.24) is 15.5 Å². The first-order valence-corrected chi connectivity index (χ1v) is 18.5. The molecular formula is C39H42ClN4O4S. The monoisotopic (exact) mass is 697 g/mol. The minimum Gasteiger partial charge on any atom is -0.342 e. The molecule has 1 radical (unpaired) electrons. The van der Waals surface area contributed by atoms with E-state index in [4.69, 9.17) is 11.6 Å². The van der Waals surface area contributed by atoms with Crippen molar-refractivity contribution in [2.75, 3.05) is 17.8 Å². The maximum Gasteiger partial charge on any atom is 0.262 e. The highest BCUT2D eigenvalue weighted by atomic mass is 35.5. The molecule has 2 aliphatic heterocycles. The molecule has 1 fully saturated rings. The number of fused-ring (bicyclic) bond motifs is 1. The first kappa shape index (κ1) is 34.7. The van der Waals surface area contributed by atoms with Gasteiger partial charge in [0.15, 0.2) is 0 Å². The van der Waals surface area contributed by atoms with Crippen LogP contribution in [0.4, 0.5) is 5.69 Å². The molecule has 10 heteroatoms. The van der Waals surface area contributed by atoms with Crippen molar-refractivity contribution in [3.05, 3.63) is 135 Å². The van der Waals surface area contributed by atoms with Crippen molar-refractivity contribution in [3.8, 4) is 0 Å². The number of carbonyl (C=O) groups excluding carboxylic acids is 2. The first-order chi connectivity index (χ1) is 23.5. The summed E-state index contributed by atoms with van der Waals surface area (Å²) in [6.45, 7) is 8.43. The van der Waals surface area contributed by atoms with Gasteiger partial charge in [-0.1, -0.05) is 83.9 Å². The predicted octanol–water partition coefficient (Wildman–Crippen LogP) is 6.55. The summed E-state index contributed by atoms with van der Waals surface area (Å²) in [5.41, 5.74) is 6.76. The third kappa shape index (κ3) is 7.85. The van der Waals surface area contributed by atoms with Crippen molar-refractivity contribution in [2.45, 2.75) is 69.4 Å². The van der Waals surface area contributed by atoms with Gasteiger partial charge in [0.2, 0.25) is 11.8 Å². The van der Waals surface area contributed by atoms with Crippen LogP contribution in [0.2, 0.25) is 5.02 Å². The minimum atomic E-state index is -3.83. The van der Waals surface area contributed by atoms with E-state index in [1.807, 2.05) is 98.9 Å². The summed E-state index contributed by atoms with van der Waals surface area (Å²) in [5, 5.41) is 6.88. The number of sulfonamides is 1. The normalized spacial score (nSPS) is 17.2. The van der Waals surface area contributed by atoms with E-state index in [1.54, 1.807) is 18.2 Å². The molecule has 255 valence electrons. The number of hydrogen-bond acceptors (Lipinski definition) is 5. The van der Waals surface area contributed by atoms with Crippen LogP contribution in [0, 0.1) is 27.3 Å². The maximum atomic E-state index is 14.1. The molecule has 2 heterocycles. The Bertz CT molecular complexity index is 1930. The lowest BCUT2D eigenvalue weighted by Crippen LogP contribution is -2.53. The van der Waals surface area contributed by atoms with Crippen LogP contribution in [0.25, 0.3) is 0 Å². The second kappa shape index (κ2) is 14.7. The Kier molecular flexibility index (Phi) is 10.4. The number of halogens is 1. The Balaban J connectivity index is 1.17. The molecular weight excluding hydrogens is 656 g/mol. The van der Waals surface area contributed by atoms with Crippen LogP contribution in [0.5, 0.6) is 0 Å². The second-order valence-corrected chi connectivity index (χ2v) is 15.2. The molecule has 49 heavy (non-hydrogen) atoms. The zero-order valence-electron chi connectivity index (χ0n) is 28.0. The van der Waals surface area contributed by atoms with Crippen molar-refractivity contribution in [3.63, 3.8) is 0 Å². The molecule has 0 bridgehead atoms. The van der Waals surface area contributed by atoms with Crippen molar-refractivity contribution >= 4 is 39.1 Å². The number of para-hydroxylation sites is 1. The molecule has 3 N–H and O–H groups in total. The predicted molar refractivity (Wildman–Crippen MR) is 194 cm³/mol. The Morgan fingerprint density at radius 2 is 1.53 bits per heavy atom. The van der Waals surface area contributed by atoms with E-state index in [-0.39, 0.29) is 17.7 Å². The van der Waals surface area contributed by atoms with E-state index < -0.39 is 22.1 Å². The van der Waals surface area contributed by atoms with Gasteiger partial charge in [0.05, 0.1) is 10.6 Å². The molecule has 0 spiro atoms. The average molecular weight is 698 g/mol. The SMILES string of the molecule is Cc1cc(C)c(S(=O)(=O)Nc2ccccc2C2CCN(C(=O)[C@@H](Cc3ccc(Cl)cc3)NC(=O)C3N[CH]Cc4ccccc43)CC2)c(C)c1. The van der Waals surface area contributed by atoms with Gasteiger partial charge < -0.3 is 10.2 Å². The highest BCUT2D eigenvalue weighted by Gasteiger charge is 2.34. The van der Waals surface area contributed by atoms with Gasteiger partial charge in [-0.25, -0.2) is 8.42 Å². The zero-order valence-corrected chi connectivity index (χ0v) is 29.6. The van der Waals surface area contributed by atoms with Gasteiger partial charge in [0.25, 0.3) is 10.0 Å². The van der Waals surface area contributed by atoms with E-state index in [9.17, 15) is 18.0 Å². The van der Waals surface area contributed by atoms with Crippen LogP contribution in [0.1, 0.15) is 63.7 Å². The topological polar surface area (TPSA) is 108 Å². The summed E-state index contributed by atoms with van der Waals surface area (Å²) < 4.78 is 30.1. The number of rotatable bonds is 9. The maximum absolute atomic E-state index is 14.1. The molecule has 8 nitrogen and oxygen atoms in total. The Morgan fingerprint density at radius 3 is 2.22 bits per heavy atom. The fourth-order valence-corrected chi connectivity index (χ4v) is 8.94. The number of aryl methyl sites for hydroxylation is 3. The number of likely N-dealkylation sites (tertiary alicyclic amines) is 1. The molecule has 0 saturated carbocycles. The Labute approximate surface area is 294 Å². The fourth-order valence-electron chi connectivity index (χ4n) is 7.27. The quantitative estimate of drug-likeness (QED) is 0.184.